The van der Waals surface area contributed by atoms with E-state index in [4.69, 9.17) is 23.2 Å². The zero-order valence-electron chi connectivity index (χ0n) is 11.8. The normalized spacial score (nSPS) is 21.5. The summed E-state index contributed by atoms with van der Waals surface area (Å²) in [4.78, 5) is 14.6. The first kappa shape index (κ1) is 15.6. The summed E-state index contributed by atoms with van der Waals surface area (Å²) in [5.74, 6) is 0.608. The van der Waals surface area contributed by atoms with Crippen molar-refractivity contribution in [3.8, 4) is 0 Å². The Bertz CT molecular complexity index is 493. The van der Waals surface area contributed by atoms with Crippen molar-refractivity contribution >= 4 is 34.8 Å². The molecule has 2 atom stereocenters. The Morgan fingerprint density at radius 1 is 1.45 bits per heavy atom. The molecule has 1 aromatic carbocycles. The van der Waals surface area contributed by atoms with Crippen molar-refractivity contribution in [2.24, 2.45) is 5.92 Å². The Morgan fingerprint density at radius 2 is 2.20 bits per heavy atom. The van der Waals surface area contributed by atoms with E-state index in [9.17, 15) is 4.79 Å². The Hall–Kier alpha value is -0.770. The third-order valence-corrected chi connectivity index (χ3v) is 4.64. The molecule has 0 aromatic heterocycles. The van der Waals surface area contributed by atoms with Gasteiger partial charge in [0, 0.05) is 6.54 Å². The van der Waals surface area contributed by atoms with Crippen LogP contribution in [0.1, 0.15) is 26.7 Å². The molecule has 1 heterocycles. The average molecular weight is 315 g/mol. The number of likely N-dealkylation sites (tertiary alicyclic amines) is 1. The van der Waals surface area contributed by atoms with Gasteiger partial charge in [0.2, 0.25) is 5.91 Å². The molecule has 0 spiro atoms. The molecule has 110 valence electrons. The Balaban J connectivity index is 2.02. The van der Waals surface area contributed by atoms with Gasteiger partial charge < -0.3 is 5.32 Å². The smallest absolute Gasteiger partial charge is 0.241 e. The fourth-order valence-electron chi connectivity index (χ4n) is 2.58. The molecule has 1 aromatic rings. The lowest BCUT2D eigenvalue weighted by Gasteiger charge is -2.34. The van der Waals surface area contributed by atoms with Gasteiger partial charge >= 0.3 is 0 Å². The lowest BCUT2D eigenvalue weighted by atomic mass is 9.99. The first-order valence-electron chi connectivity index (χ1n) is 6.98. The number of hydrogen-bond acceptors (Lipinski definition) is 2. The van der Waals surface area contributed by atoms with Gasteiger partial charge in [-0.1, -0.05) is 36.2 Å². The SMILES string of the molecule is CC1CCCN(C(C)C(=O)Nc2cccc(Cl)c2Cl)C1. The van der Waals surface area contributed by atoms with E-state index >= 15 is 0 Å². The predicted molar refractivity (Wildman–Crippen MR) is 84.5 cm³/mol. The molecule has 1 saturated heterocycles. The van der Waals surface area contributed by atoms with Gasteiger partial charge in [-0.15, -0.1) is 0 Å². The van der Waals surface area contributed by atoms with Crippen LogP contribution < -0.4 is 5.32 Å². The molecule has 1 N–H and O–H groups in total. The fraction of sp³-hybridized carbons (Fsp3) is 0.533. The molecule has 0 aliphatic carbocycles. The number of rotatable bonds is 3. The van der Waals surface area contributed by atoms with E-state index in [0.717, 1.165) is 19.5 Å². The van der Waals surface area contributed by atoms with E-state index in [2.05, 4.69) is 17.1 Å². The summed E-state index contributed by atoms with van der Waals surface area (Å²) in [6.07, 6.45) is 2.39. The van der Waals surface area contributed by atoms with Crippen LogP contribution in [0.2, 0.25) is 10.0 Å². The molecule has 1 fully saturated rings. The molecule has 20 heavy (non-hydrogen) atoms. The van der Waals surface area contributed by atoms with Gasteiger partial charge in [0.1, 0.15) is 0 Å². The zero-order valence-corrected chi connectivity index (χ0v) is 13.3. The summed E-state index contributed by atoms with van der Waals surface area (Å²) in [5.41, 5.74) is 0.570. The standard InChI is InChI=1S/C15H20Cl2N2O/c1-10-5-4-8-19(9-10)11(2)15(20)18-13-7-3-6-12(16)14(13)17/h3,6-7,10-11H,4-5,8-9H2,1-2H3,(H,18,20). The molecule has 3 nitrogen and oxygen atoms in total. The highest BCUT2D eigenvalue weighted by Crippen LogP contribution is 2.29. The predicted octanol–water partition coefficient (Wildman–Crippen LogP) is 4.05. The second-order valence-electron chi connectivity index (χ2n) is 5.51. The van der Waals surface area contributed by atoms with E-state index in [0.29, 0.717) is 21.7 Å². The minimum absolute atomic E-state index is 0.0386. The number of nitrogens with one attached hydrogen (secondary N) is 1. The van der Waals surface area contributed by atoms with E-state index in [1.165, 1.54) is 6.42 Å². The summed E-state index contributed by atoms with van der Waals surface area (Å²) in [6, 6.07) is 5.08. The third-order valence-electron chi connectivity index (χ3n) is 3.83. The van der Waals surface area contributed by atoms with Crippen molar-refractivity contribution in [2.45, 2.75) is 32.7 Å². The summed E-state index contributed by atoms with van der Waals surface area (Å²) < 4.78 is 0. The van der Waals surface area contributed by atoms with Crippen LogP contribution in [0.25, 0.3) is 0 Å². The third kappa shape index (κ3) is 3.66. The van der Waals surface area contributed by atoms with E-state index in [1.807, 2.05) is 6.92 Å². The largest absolute Gasteiger partial charge is 0.323 e. The van der Waals surface area contributed by atoms with Crippen molar-refractivity contribution < 1.29 is 4.79 Å². The molecular formula is C15H20Cl2N2O. The molecule has 0 radical (unpaired) electrons. The molecule has 1 aliphatic rings. The molecule has 1 aliphatic heterocycles. The first-order valence-corrected chi connectivity index (χ1v) is 7.73. The molecule has 2 unspecified atom stereocenters. The van der Waals surface area contributed by atoms with Gasteiger partial charge in [0.05, 0.1) is 21.8 Å². The molecule has 0 saturated carbocycles. The number of nitrogens with zero attached hydrogens (tertiary/aromatic N) is 1. The maximum Gasteiger partial charge on any atom is 0.241 e. The highest BCUT2D eigenvalue weighted by molar-refractivity contribution is 6.44. The van der Waals surface area contributed by atoms with Gasteiger partial charge in [0.25, 0.3) is 0 Å². The Kier molecular flexibility index (Phi) is 5.30. The number of benzene rings is 1. The highest BCUT2D eigenvalue weighted by atomic mass is 35.5. The molecule has 0 bridgehead atoms. The number of carbonyl (C=O) groups excluding carboxylic acids is 1. The maximum atomic E-state index is 12.3. The number of anilines is 1. The van der Waals surface area contributed by atoms with E-state index in [1.54, 1.807) is 18.2 Å². The van der Waals surface area contributed by atoms with Crippen molar-refractivity contribution in [3.05, 3.63) is 28.2 Å². The lowest BCUT2D eigenvalue weighted by molar-refractivity contribution is -0.121. The van der Waals surface area contributed by atoms with Gasteiger partial charge in [-0.2, -0.15) is 0 Å². The number of piperidine rings is 1. The summed E-state index contributed by atoms with van der Waals surface area (Å²) >= 11 is 12.0. The van der Waals surface area contributed by atoms with Crippen molar-refractivity contribution in [1.82, 2.24) is 4.90 Å². The lowest BCUT2D eigenvalue weighted by Crippen LogP contribution is -2.46. The number of amides is 1. The van der Waals surface area contributed by atoms with Crippen LogP contribution in [0.4, 0.5) is 5.69 Å². The van der Waals surface area contributed by atoms with Gasteiger partial charge in [-0.25, -0.2) is 0 Å². The number of hydrogen-bond donors (Lipinski definition) is 1. The molecule has 1 amide bonds. The van der Waals surface area contributed by atoms with E-state index in [-0.39, 0.29) is 11.9 Å². The van der Waals surface area contributed by atoms with Crippen LogP contribution >= 0.6 is 23.2 Å². The zero-order chi connectivity index (χ0) is 14.7. The van der Waals surface area contributed by atoms with Crippen molar-refractivity contribution in [3.63, 3.8) is 0 Å². The summed E-state index contributed by atoms with van der Waals surface area (Å²) in [7, 11) is 0. The van der Waals surface area contributed by atoms with Crippen LogP contribution in [0.3, 0.4) is 0 Å². The Labute approximate surface area is 130 Å². The number of carbonyl (C=O) groups is 1. The quantitative estimate of drug-likeness (QED) is 0.912. The average Bonchev–Trinajstić information content (AvgIpc) is 2.43. The van der Waals surface area contributed by atoms with Crippen molar-refractivity contribution in [1.29, 1.82) is 0 Å². The van der Waals surface area contributed by atoms with Crippen molar-refractivity contribution in [2.75, 3.05) is 18.4 Å². The number of halogens is 2. The summed E-state index contributed by atoms with van der Waals surface area (Å²) in [5, 5.41) is 3.70. The molecular weight excluding hydrogens is 295 g/mol. The molecule has 2 rings (SSSR count). The first-order chi connectivity index (χ1) is 9.49. The highest BCUT2D eigenvalue weighted by Gasteiger charge is 2.26. The fourth-order valence-corrected chi connectivity index (χ4v) is 2.93. The monoisotopic (exact) mass is 314 g/mol. The second kappa shape index (κ2) is 6.79. The van der Waals surface area contributed by atoms with Crippen LogP contribution in [-0.2, 0) is 4.79 Å². The minimum Gasteiger partial charge on any atom is -0.323 e. The van der Waals surface area contributed by atoms with Crippen LogP contribution in [0, 0.1) is 5.92 Å². The van der Waals surface area contributed by atoms with Crippen LogP contribution in [0.5, 0.6) is 0 Å². The van der Waals surface area contributed by atoms with Gasteiger partial charge in [-0.05, 0) is 44.4 Å². The maximum absolute atomic E-state index is 12.3. The van der Waals surface area contributed by atoms with Crippen LogP contribution in [0.15, 0.2) is 18.2 Å². The molecule has 5 heteroatoms. The van der Waals surface area contributed by atoms with Crippen LogP contribution in [-0.4, -0.2) is 29.9 Å². The summed E-state index contributed by atoms with van der Waals surface area (Å²) in [6.45, 7) is 6.11. The van der Waals surface area contributed by atoms with Gasteiger partial charge in [-0.3, -0.25) is 9.69 Å². The van der Waals surface area contributed by atoms with Gasteiger partial charge in [0.15, 0.2) is 0 Å². The second-order valence-corrected chi connectivity index (χ2v) is 6.29. The topological polar surface area (TPSA) is 32.3 Å². The Morgan fingerprint density at radius 3 is 2.90 bits per heavy atom. The minimum atomic E-state index is -0.159. The van der Waals surface area contributed by atoms with E-state index < -0.39 is 0 Å².